The summed E-state index contributed by atoms with van der Waals surface area (Å²) < 4.78 is 29.6. The van der Waals surface area contributed by atoms with Gasteiger partial charge in [-0.2, -0.15) is 0 Å². The van der Waals surface area contributed by atoms with Crippen LogP contribution < -0.4 is 15.4 Å². The number of hydrogen-bond acceptors (Lipinski definition) is 4. The standard InChI is InChI=1S/C22H30FN3O3/c1-4-24-22(25-15-17-9-10-21(23)18(13-17)16-28-3)26-19-7-5-8-20(14-19)29-12-6-11-27-2/h5,7-10,13-14H,4,6,11-12,15-16H2,1-3H3,(H2,24,25,26). The molecule has 0 heterocycles. The van der Waals surface area contributed by atoms with Crippen LogP contribution in [0.5, 0.6) is 5.75 Å². The van der Waals surface area contributed by atoms with Gasteiger partial charge in [0.15, 0.2) is 5.96 Å². The Morgan fingerprint density at radius 3 is 2.69 bits per heavy atom. The quantitative estimate of drug-likeness (QED) is 0.338. The van der Waals surface area contributed by atoms with Gasteiger partial charge in [0.25, 0.3) is 0 Å². The number of ether oxygens (including phenoxy) is 3. The number of nitrogens with zero attached hydrogens (tertiary/aromatic N) is 1. The summed E-state index contributed by atoms with van der Waals surface area (Å²) in [6, 6.07) is 12.7. The maximum Gasteiger partial charge on any atom is 0.196 e. The summed E-state index contributed by atoms with van der Waals surface area (Å²) in [5, 5.41) is 6.49. The SMILES string of the molecule is CCNC(=NCc1ccc(F)c(COC)c1)Nc1cccc(OCCCOC)c1. The molecule has 0 atom stereocenters. The van der Waals surface area contributed by atoms with Gasteiger partial charge < -0.3 is 24.8 Å². The monoisotopic (exact) mass is 403 g/mol. The van der Waals surface area contributed by atoms with Gasteiger partial charge in [0.05, 0.1) is 19.8 Å². The Hall–Kier alpha value is -2.64. The van der Waals surface area contributed by atoms with Crippen LogP contribution in [0.3, 0.4) is 0 Å². The van der Waals surface area contributed by atoms with Gasteiger partial charge in [0.2, 0.25) is 0 Å². The van der Waals surface area contributed by atoms with E-state index >= 15 is 0 Å². The van der Waals surface area contributed by atoms with Crippen molar-refractivity contribution in [2.75, 3.05) is 39.3 Å². The van der Waals surface area contributed by atoms with Crippen molar-refractivity contribution in [1.29, 1.82) is 0 Å². The third-order valence-electron chi connectivity index (χ3n) is 4.03. The molecule has 0 aliphatic carbocycles. The molecule has 2 aromatic rings. The molecule has 0 aliphatic rings. The minimum atomic E-state index is -0.271. The molecular weight excluding hydrogens is 373 g/mol. The lowest BCUT2D eigenvalue weighted by molar-refractivity contribution is 0.172. The highest BCUT2D eigenvalue weighted by Gasteiger charge is 2.05. The Morgan fingerprint density at radius 1 is 1.07 bits per heavy atom. The first kappa shape index (κ1) is 22.6. The van der Waals surface area contributed by atoms with Crippen molar-refractivity contribution in [1.82, 2.24) is 5.32 Å². The van der Waals surface area contributed by atoms with E-state index in [1.807, 2.05) is 31.2 Å². The molecule has 0 unspecified atom stereocenters. The molecule has 0 fully saturated rings. The van der Waals surface area contributed by atoms with E-state index in [1.165, 1.54) is 6.07 Å². The van der Waals surface area contributed by atoms with Crippen LogP contribution in [-0.2, 0) is 22.6 Å². The smallest absolute Gasteiger partial charge is 0.196 e. The van der Waals surface area contributed by atoms with E-state index in [2.05, 4.69) is 15.6 Å². The van der Waals surface area contributed by atoms with Gasteiger partial charge >= 0.3 is 0 Å². The molecule has 6 nitrogen and oxygen atoms in total. The lowest BCUT2D eigenvalue weighted by Gasteiger charge is -2.13. The van der Waals surface area contributed by atoms with Gasteiger partial charge in [-0.05, 0) is 36.8 Å². The van der Waals surface area contributed by atoms with Gasteiger partial charge in [-0.3, -0.25) is 0 Å². The second-order valence-electron chi connectivity index (χ2n) is 6.40. The molecule has 2 rings (SSSR count). The van der Waals surface area contributed by atoms with Crippen LogP contribution in [0.1, 0.15) is 24.5 Å². The highest BCUT2D eigenvalue weighted by molar-refractivity contribution is 5.93. The number of aliphatic imine (C=N–C) groups is 1. The van der Waals surface area contributed by atoms with Gasteiger partial charge in [0, 0.05) is 51.1 Å². The van der Waals surface area contributed by atoms with Crippen LogP contribution in [0.2, 0.25) is 0 Å². The van der Waals surface area contributed by atoms with E-state index in [1.54, 1.807) is 26.4 Å². The van der Waals surface area contributed by atoms with Crippen molar-refractivity contribution in [3.05, 3.63) is 59.4 Å². The predicted octanol–water partition coefficient (Wildman–Crippen LogP) is 3.97. The van der Waals surface area contributed by atoms with E-state index in [4.69, 9.17) is 14.2 Å². The van der Waals surface area contributed by atoms with Gasteiger partial charge in [-0.25, -0.2) is 9.38 Å². The zero-order valence-electron chi connectivity index (χ0n) is 17.3. The largest absolute Gasteiger partial charge is 0.493 e. The molecule has 2 N–H and O–H groups in total. The second kappa shape index (κ2) is 12.7. The molecule has 0 aliphatic heterocycles. The molecular formula is C22H30FN3O3. The summed E-state index contributed by atoms with van der Waals surface area (Å²) in [4.78, 5) is 4.60. The van der Waals surface area contributed by atoms with Crippen LogP contribution in [0.25, 0.3) is 0 Å². The minimum absolute atomic E-state index is 0.235. The van der Waals surface area contributed by atoms with E-state index in [-0.39, 0.29) is 12.4 Å². The number of nitrogens with one attached hydrogen (secondary N) is 2. The zero-order chi connectivity index (χ0) is 20.9. The molecule has 2 aromatic carbocycles. The van der Waals surface area contributed by atoms with E-state index in [0.29, 0.717) is 31.3 Å². The van der Waals surface area contributed by atoms with Crippen molar-refractivity contribution in [2.24, 2.45) is 4.99 Å². The number of methoxy groups -OCH3 is 2. The molecule has 0 radical (unpaired) electrons. The number of guanidine groups is 1. The first-order valence-corrected chi connectivity index (χ1v) is 9.69. The van der Waals surface area contributed by atoms with Crippen molar-refractivity contribution in [3.63, 3.8) is 0 Å². The highest BCUT2D eigenvalue weighted by atomic mass is 19.1. The summed E-state index contributed by atoms with van der Waals surface area (Å²) in [6.45, 7) is 4.64. The molecule has 29 heavy (non-hydrogen) atoms. The molecule has 0 aromatic heterocycles. The van der Waals surface area contributed by atoms with Crippen molar-refractivity contribution in [2.45, 2.75) is 26.5 Å². The average Bonchev–Trinajstić information content (AvgIpc) is 2.72. The summed E-state index contributed by atoms with van der Waals surface area (Å²) in [5.41, 5.74) is 2.30. The summed E-state index contributed by atoms with van der Waals surface area (Å²) >= 11 is 0. The van der Waals surface area contributed by atoms with Crippen LogP contribution >= 0.6 is 0 Å². The summed E-state index contributed by atoms with van der Waals surface area (Å²) in [6.07, 6.45) is 0.834. The fraction of sp³-hybridized carbons (Fsp3) is 0.409. The molecule has 0 amide bonds. The molecule has 158 valence electrons. The van der Waals surface area contributed by atoms with E-state index < -0.39 is 0 Å². The summed E-state index contributed by atoms with van der Waals surface area (Å²) in [5.74, 6) is 1.15. The van der Waals surface area contributed by atoms with Gasteiger partial charge in [-0.15, -0.1) is 0 Å². The van der Waals surface area contributed by atoms with Gasteiger partial charge in [-0.1, -0.05) is 12.1 Å². The lowest BCUT2D eigenvalue weighted by Crippen LogP contribution is -2.30. The first-order valence-electron chi connectivity index (χ1n) is 9.69. The zero-order valence-corrected chi connectivity index (χ0v) is 17.3. The predicted molar refractivity (Wildman–Crippen MR) is 114 cm³/mol. The number of anilines is 1. The minimum Gasteiger partial charge on any atom is -0.493 e. The van der Waals surface area contributed by atoms with Crippen LogP contribution in [0.15, 0.2) is 47.5 Å². The molecule has 7 heteroatoms. The molecule has 0 spiro atoms. The molecule has 0 saturated heterocycles. The molecule has 0 saturated carbocycles. The summed E-state index contributed by atoms with van der Waals surface area (Å²) in [7, 11) is 3.23. The fourth-order valence-corrected chi connectivity index (χ4v) is 2.66. The van der Waals surface area contributed by atoms with Crippen LogP contribution in [0.4, 0.5) is 10.1 Å². The topological polar surface area (TPSA) is 64.1 Å². The van der Waals surface area contributed by atoms with Crippen LogP contribution in [0, 0.1) is 5.82 Å². The third kappa shape index (κ3) is 8.09. The molecule has 0 bridgehead atoms. The van der Waals surface area contributed by atoms with E-state index in [9.17, 15) is 4.39 Å². The Labute approximate surface area is 172 Å². The third-order valence-corrected chi connectivity index (χ3v) is 4.03. The lowest BCUT2D eigenvalue weighted by atomic mass is 10.1. The Balaban J connectivity index is 2.03. The first-order chi connectivity index (χ1) is 14.2. The van der Waals surface area contributed by atoms with Crippen molar-refractivity contribution >= 4 is 11.6 Å². The van der Waals surface area contributed by atoms with Crippen LogP contribution in [-0.4, -0.2) is 39.9 Å². The Bertz CT molecular complexity index is 784. The highest BCUT2D eigenvalue weighted by Crippen LogP contribution is 2.18. The van der Waals surface area contributed by atoms with Crippen molar-refractivity contribution < 1.29 is 18.6 Å². The Kier molecular flexibility index (Phi) is 9.95. The second-order valence-corrected chi connectivity index (χ2v) is 6.40. The number of rotatable bonds is 11. The average molecular weight is 403 g/mol. The number of halogens is 1. The van der Waals surface area contributed by atoms with E-state index in [0.717, 1.165) is 30.0 Å². The maximum absolute atomic E-state index is 13.8. The fourth-order valence-electron chi connectivity index (χ4n) is 2.66. The number of benzene rings is 2. The van der Waals surface area contributed by atoms with Gasteiger partial charge in [0.1, 0.15) is 11.6 Å². The number of hydrogen-bond donors (Lipinski definition) is 2. The Morgan fingerprint density at radius 2 is 1.93 bits per heavy atom. The normalized spacial score (nSPS) is 11.4. The van der Waals surface area contributed by atoms with Crippen molar-refractivity contribution in [3.8, 4) is 5.75 Å². The maximum atomic E-state index is 13.8.